The summed E-state index contributed by atoms with van der Waals surface area (Å²) in [4.78, 5) is 0.253. The number of benzene rings is 2. The van der Waals surface area contributed by atoms with Gasteiger partial charge in [0.05, 0.1) is 27.2 Å². The molecule has 4 nitrogen and oxygen atoms in total. The van der Waals surface area contributed by atoms with E-state index in [1.54, 1.807) is 30.3 Å². The molecule has 0 saturated heterocycles. The number of halogens is 1. The third-order valence-electron chi connectivity index (χ3n) is 4.71. The van der Waals surface area contributed by atoms with E-state index in [0.29, 0.717) is 5.56 Å². The average Bonchev–Trinajstić information content (AvgIpc) is 3.27. The number of sulfone groups is 1. The van der Waals surface area contributed by atoms with E-state index >= 15 is 0 Å². The van der Waals surface area contributed by atoms with Gasteiger partial charge in [0, 0.05) is 13.0 Å². The van der Waals surface area contributed by atoms with E-state index in [4.69, 9.17) is 22.7 Å². The number of thiocarbonyl (C=S) groups is 1. The average molecular weight is 379 g/mol. The summed E-state index contributed by atoms with van der Waals surface area (Å²) in [5.74, 6) is -0.986. The fraction of sp³-hybridized carbons (Fsp3) is 0.278. The van der Waals surface area contributed by atoms with Crippen LogP contribution in [0.4, 0.5) is 4.39 Å². The number of methoxy groups -OCH3 is 1. The van der Waals surface area contributed by atoms with Crippen LogP contribution in [0.3, 0.4) is 0 Å². The zero-order chi connectivity index (χ0) is 18.2. The lowest BCUT2D eigenvalue weighted by atomic mass is 10.00. The highest BCUT2D eigenvalue weighted by Crippen LogP contribution is 2.64. The number of hydrogen-bond donors (Lipinski definition) is 1. The molecule has 0 aliphatic heterocycles. The zero-order valence-electron chi connectivity index (χ0n) is 13.6. The molecule has 2 aromatic carbocycles. The van der Waals surface area contributed by atoms with E-state index in [1.807, 2.05) is 0 Å². The molecule has 0 unspecified atom stereocenters. The molecule has 1 fully saturated rings. The third-order valence-corrected chi connectivity index (χ3v) is 7.38. The van der Waals surface area contributed by atoms with Crippen molar-refractivity contribution < 1.29 is 17.5 Å². The van der Waals surface area contributed by atoms with Crippen LogP contribution in [0.25, 0.3) is 0 Å². The summed E-state index contributed by atoms with van der Waals surface area (Å²) in [6.07, 6.45) is 0. The maximum Gasteiger partial charge on any atom is 0.182 e. The molecule has 25 heavy (non-hydrogen) atoms. The van der Waals surface area contributed by atoms with Crippen molar-refractivity contribution in [3.63, 3.8) is 0 Å². The highest BCUT2D eigenvalue weighted by Gasteiger charge is 2.73. The Morgan fingerprint density at radius 2 is 1.92 bits per heavy atom. The van der Waals surface area contributed by atoms with E-state index < -0.39 is 32.2 Å². The van der Waals surface area contributed by atoms with E-state index in [0.717, 1.165) is 0 Å². The van der Waals surface area contributed by atoms with Crippen LogP contribution in [0.1, 0.15) is 11.5 Å². The maximum absolute atomic E-state index is 13.7. The number of hydrogen-bond acceptors (Lipinski definition) is 4. The van der Waals surface area contributed by atoms with Crippen molar-refractivity contribution in [3.8, 4) is 0 Å². The number of rotatable bonds is 6. The van der Waals surface area contributed by atoms with E-state index in [2.05, 4.69) is 0 Å². The predicted molar refractivity (Wildman–Crippen MR) is 97.7 cm³/mol. The minimum atomic E-state index is -3.72. The Kier molecular flexibility index (Phi) is 4.66. The van der Waals surface area contributed by atoms with Gasteiger partial charge in [-0.2, -0.15) is 0 Å². The largest absolute Gasteiger partial charge is 0.393 e. The number of ether oxygens (including phenoxy) is 1. The summed E-state index contributed by atoms with van der Waals surface area (Å²) >= 11 is 5.21. The van der Waals surface area contributed by atoms with Crippen LogP contribution in [0.2, 0.25) is 0 Å². The fourth-order valence-corrected chi connectivity index (χ4v) is 6.36. The summed E-state index contributed by atoms with van der Waals surface area (Å²) in [7, 11) is -2.26. The van der Waals surface area contributed by atoms with Gasteiger partial charge in [-0.25, -0.2) is 12.8 Å². The van der Waals surface area contributed by atoms with Gasteiger partial charge in [0.15, 0.2) is 9.84 Å². The Hall–Kier alpha value is -1.83. The predicted octanol–water partition coefficient (Wildman–Crippen LogP) is 2.68. The van der Waals surface area contributed by atoms with Gasteiger partial charge in [-0.1, -0.05) is 42.5 Å². The van der Waals surface area contributed by atoms with E-state index in [9.17, 15) is 12.8 Å². The molecule has 2 N–H and O–H groups in total. The first-order valence-corrected chi connectivity index (χ1v) is 9.64. The molecule has 1 saturated carbocycles. The minimum Gasteiger partial charge on any atom is -0.393 e. The Morgan fingerprint density at radius 1 is 1.24 bits per heavy atom. The van der Waals surface area contributed by atoms with Crippen LogP contribution in [-0.4, -0.2) is 32.4 Å². The monoisotopic (exact) mass is 379 g/mol. The molecule has 0 bridgehead atoms. The first kappa shape index (κ1) is 18.0. The molecule has 132 valence electrons. The highest BCUT2D eigenvalue weighted by molar-refractivity contribution is 7.92. The Balaban J connectivity index is 2.14. The molecule has 1 aliphatic rings. The van der Waals surface area contributed by atoms with Crippen molar-refractivity contribution in [2.45, 2.75) is 16.1 Å². The molecule has 0 radical (unpaired) electrons. The smallest absolute Gasteiger partial charge is 0.182 e. The second-order valence-electron chi connectivity index (χ2n) is 6.15. The van der Waals surface area contributed by atoms with Crippen LogP contribution in [-0.2, 0) is 14.6 Å². The quantitative estimate of drug-likeness (QED) is 0.782. The standard InChI is InChI=1S/C18H18FNO3S2/c1-23-11-18(17(20)24)15(12-6-5-7-13(19)10-12)16(18)25(21,22)14-8-3-2-4-9-14/h2-10,15-16H,11H2,1H3,(H2,20,24)/t15-,16+,18+/m1/s1. The fourth-order valence-electron chi connectivity index (χ4n) is 3.57. The first-order chi connectivity index (χ1) is 11.9. The minimum absolute atomic E-state index is 0.0558. The van der Waals surface area contributed by atoms with Crippen molar-refractivity contribution in [3.05, 3.63) is 66.0 Å². The summed E-state index contributed by atoms with van der Waals surface area (Å²) in [5, 5.41) is -0.887. The van der Waals surface area contributed by atoms with Gasteiger partial charge < -0.3 is 10.5 Å². The summed E-state index contributed by atoms with van der Waals surface area (Å²) in [6.45, 7) is 0.0558. The summed E-state index contributed by atoms with van der Waals surface area (Å²) in [5.41, 5.74) is 5.44. The molecule has 7 heteroatoms. The topological polar surface area (TPSA) is 69.4 Å². The van der Waals surface area contributed by atoms with Gasteiger partial charge >= 0.3 is 0 Å². The van der Waals surface area contributed by atoms with Gasteiger partial charge in [-0.15, -0.1) is 0 Å². The third kappa shape index (κ3) is 2.86. The van der Waals surface area contributed by atoms with Crippen molar-refractivity contribution >= 4 is 27.0 Å². The summed E-state index contributed by atoms with van der Waals surface area (Å²) in [6, 6.07) is 14.0. The van der Waals surface area contributed by atoms with Crippen LogP contribution >= 0.6 is 12.2 Å². The van der Waals surface area contributed by atoms with Crippen LogP contribution in [0, 0.1) is 11.2 Å². The number of nitrogens with two attached hydrogens (primary N) is 1. The lowest BCUT2D eigenvalue weighted by Gasteiger charge is -2.16. The van der Waals surface area contributed by atoms with Crippen LogP contribution < -0.4 is 5.73 Å². The molecule has 1 aliphatic carbocycles. The van der Waals surface area contributed by atoms with Crippen molar-refractivity contribution in [2.75, 3.05) is 13.7 Å². The maximum atomic E-state index is 13.7. The molecule has 3 atom stereocenters. The van der Waals surface area contributed by atoms with Crippen LogP contribution in [0.15, 0.2) is 59.5 Å². The molecular formula is C18H18FNO3S2. The second kappa shape index (κ2) is 6.48. The highest BCUT2D eigenvalue weighted by atomic mass is 32.2. The Labute approximate surface area is 151 Å². The first-order valence-electron chi connectivity index (χ1n) is 7.69. The van der Waals surface area contributed by atoms with Gasteiger partial charge in [0.1, 0.15) is 5.82 Å². The molecule has 3 rings (SSSR count). The lowest BCUT2D eigenvalue weighted by Crippen LogP contribution is -2.33. The Bertz CT molecular complexity index is 902. The van der Waals surface area contributed by atoms with Crippen LogP contribution in [0.5, 0.6) is 0 Å². The molecule has 0 amide bonds. The van der Waals surface area contributed by atoms with Crippen molar-refractivity contribution in [1.29, 1.82) is 0 Å². The van der Waals surface area contributed by atoms with E-state index in [-0.39, 0.29) is 16.5 Å². The second-order valence-corrected chi connectivity index (χ2v) is 8.66. The normalized spacial score (nSPS) is 25.5. The molecular weight excluding hydrogens is 361 g/mol. The van der Waals surface area contributed by atoms with Crippen molar-refractivity contribution in [2.24, 2.45) is 11.1 Å². The van der Waals surface area contributed by atoms with Gasteiger partial charge in [0.25, 0.3) is 0 Å². The zero-order valence-corrected chi connectivity index (χ0v) is 15.2. The van der Waals surface area contributed by atoms with Gasteiger partial charge in [-0.05, 0) is 29.8 Å². The summed E-state index contributed by atoms with van der Waals surface area (Å²) < 4.78 is 45.3. The van der Waals surface area contributed by atoms with Gasteiger partial charge in [0.2, 0.25) is 0 Å². The van der Waals surface area contributed by atoms with Gasteiger partial charge in [-0.3, -0.25) is 0 Å². The SMILES string of the molecule is COC[C@]1(C(N)=S)[C@H](c2cccc(F)c2)[C@@H]1S(=O)(=O)c1ccccc1. The molecule has 0 heterocycles. The molecule has 0 spiro atoms. The molecule has 2 aromatic rings. The lowest BCUT2D eigenvalue weighted by molar-refractivity contribution is 0.166. The van der Waals surface area contributed by atoms with Crippen molar-refractivity contribution in [1.82, 2.24) is 0 Å². The Morgan fingerprint density at radius 3 is 2.48 bits per heavy atom. The molecule has 0 aromatic heterocycles. The van der Waals surface area contributed by atoms with E-state index in [1.165, 1.54) is 31.4 Å².